The second kappa shape index (κ2) is 6.69. The Bertz CT molecular complexity index is 475. The van der Waals surface area contributed by atoms with Crippen LogP contribution in [0.15, 0.2) is 18.2 Å². The molecule has 0 radical (unpaired) electrons. The van der Waals surface area contributed by atoms with Crippen molar-refractivity contribution in [3.63, 3.8) is 0 Å². The Kier molecular flexibility index (Phi) is 5.25. The second-order valence-electron chi connectivity index (χ2n) is 4.06. The van der Waals surface area contributed by atoms with Crippen LogP contribution in [0, 0.1) is 17.0 Å². The Hall–Kier alpha value is -2.15. The highest BCUT2D eigenvalue weighted by Gasteiger charge is 2.21. The number of nitro benzene ring substituents is 1. The molecule has 0 spiro atoms. The topological polar surface area (TPSA) is 92.9 Å². The fourth-order valence-electron chi connectivity index (χ4n) is 1.69. The number of nitrogens with zero attached hydrogens (tertiary/aromatic N) is 2. The van der Waals surface area contributed by atoms with E-state index >= 15 is 0 Å². The first kappa shape index (κ1) is 14.9. The molecule has 1 aromatic carbocycles. The Morgan fingerprint density at radius 2 is 2.21 bits per heavy atom. The van der Waals surface area contributed by atoms with Crippen molar-refractivity contribution in [2.75, 3.05) is 31.7 Å². The van der Waals surface area contributed by atoms with E-state index in [1.54, 1.807) is 19.1 Å². The summed E-state index contributed by atoms with van der Waals surface area (Å²) < 4.78 is 4.90. The zero-order valence-electron chi connectivity index (χ0n) is 10.8. The molecule has 0 bridgehead atoms. The maximum Gasteiger partial charge on any atom is 0.323 e. The van der Waals surface area contributed by atoms with Gasteiger partial charge in [-0.25, -0.2) is 0 Å². The van der Waals surface area contributed by atoms with Crippen molar-refractivity contribution >= 4 is 17.3 Å². The van der Waals surface area contributed by atoms with E-state index in [2.05, 4.69) is 0 Å². The third kappa shape index (κ3) is 4.22. The van der Waals surface area contributed by atoms with Crippen molar-refractivity contribution in [2.24, 2.45) is 0 Å². The summed E-state index contributed by atoms with van der Waals surface area (Å²) in [5.41, 5.74) is 1.01. The summed E-state index contributed by atoms with van der Waals surface area (Å²) in [6, 6.07) is 4.61. The molecule has 7 nitrogen and oxygen atoms in total. The van der Waals surface area contributed by atoms with Gasteiger partial charge in [-0.3, -0.25) is 14.9 Å². The summed E-state index contributed by atoms with van der Waals surface area (Å²) in [5.74, 6) is -1.05. The first-order valence-electron chi connectivity index (χ1n) is 5.66. The number of carboxylic acids is 1. The molecule has 0 unspecified atom stereocenters. The number of aliphatic carboxylic acids is 1. The van der Waals surface area contributed by atoms with Gasteiger partial charge in [0.2, 0.25) is 0 Å². The molecule has 7 heteroatoms. The molecular weight excluding hydrogens is 252 g/mol. The Labute approximate surface area is 110 Å². The number of hydrogen-bond donors (Lipinski definition) is 1. The van der Waals surface area contributed by atoms with Gasteiger partial charge in [0.15, 0.2) is 0 Å². The molecule has 0 atom stereocenters. The number of anilines is 1. The van der Waals surface area contributed by atoms with Gasteiger partial charge in [-0.2, -0.15) is 0 Å². The van der Waals surface area contributed by atoms with Crippen molar-refractivity contribution < 1.29 is 19.6 Å². The second-order valence-corrected chi connectivity index (χ2v) is 4.06. The van der Waals surface area contributed by atoms with Crippen molar-refractivity contribution in [1.29, 1.82) is 0 Å². The first-order chi connectivity index (χ1) is 8.95. The molecule has 104 valence electrons. The smallest absolute Gasteiger partial charge is 0.323 e. The molecule has 1 aromatic rings. The standard InChI is InChI=1S/C12H16N2O5/c1-9-3-4-10(14(17)18)11(7-9)13(5-6-19-2)8-12(15)16/h3-4,7H,5-6,8H2,1-2H3,(H,15,16). The number of nitro groups is 1. The predicted molar refractivity (Wildman–Crippen MR) is 69.6 cm³/mol. The van der Waals surface area contributed by atoms with E-state index in [4.69, 9.17) is 9.84 Å². The van der Waals surface area contributed by atoms with Crippen LogP contribution in [-0.4, -0.2) is 42.8 Å². The number of aryl methyl sites for hydroxylation is 1. The quantitative estimate of drug-likeness (QED) is 0.594. The number of ether oxygens (including phenoxy) is 1. The van der Waals surface area contributed by atoms with Gasteiger partial charge < -0.3 is 14.7 Å². The van der Waals surface area contributed by atoms with E-state index in [-0.39, 0.29) is 18.8 Å². The number of benzene rings is 1. The van der Waals surface area contributed by atoms with E-state index in [1.165, 1.54) is 18.1 Å². The van der Waals surface area contributed by atoms with Gasteiger partial charge in [-0.1, -0.05) is 6.07 Å². The van der Waals surface area contributed by atoms with E-state index in [0.717, 1.165) is 5.56 Å². The van der Waals surface area contributed by atoms with Crippen LogP contribution in [0.1, 0.15) is 5.56 Å². The Balaban J connectivity index is 3.14. The zero-order valence-corrected chi connectivity index (χ0v) is 10.8. The van der Waals surface area contributed by atoms with Gasteiger partial charge in [0.25, 0.3) is 5.69 Å². The largest absolute Gasteiger partial charge is 0.480 e. The van der Waals surface area contributed by atoms with Gasteiger partial charge >= 0.3 is 5.97 Å². The molecule has 0 aromatic heterocycles. The molecule has 0 saturated heterocycles. The van der Waals surface area contributed by atoms with Crippen molar-refractivity contribution in [3.05, 3.63) is 33.9 Å². The van der Waals surface area contributed by atoms with Gasteiger partial charge in [0.1, 0.15) is 12.2 Å². The highest BCUT2D eigenvalue weighted by atomic mass is 16.6. The number of carbonyl (C=O) groups is 1. The van der Waals surface area contributed by atoms with Crippen molar-refractivity contribution in [2.45, 2.75) is 6.92 Å². The molecule has 1 rings (SSSR count). The SMILES string of the molecule is COCCN(CC(=O)O)c1cc(C)ccc1[N+](=O)[O-]. The minimum Gasteiger partial charge on any atom is -0.480 e. The highest BCUT2D eigenvalue weighted by molar-refractivity contribution is 5.76. The van der Waals surface area contributed by atoms with Crippen molar-refractivity contribution in [3.8, 4) is 0 Å². The molecule has 0 heterocycles. The lowest BCUT2D eigenvalue weighted by Crippen LogP contribution is -2.33. The highest BCUT2D eigenvalue weighted by Crippen LogP contribution is 2.28. The van der Waals surface area contributed by atoms with Crippen LogP contribution >= 0.6 is 0 Å². The van der Waals surface area contributed by atoms with Crippen molar-refractivity contribution in [1.82, 2.24) is 0 Å². The summed E-state index contributed by atoms with van der Waals surface area (Å²) in [4.78, 5) is 22.8. The molecule has 19 heavy (non-hydrogen) atoms. The maximum absolute atomic E-state index is 11.0. The van der Waals surface area contributed by atoms with Gasteiger partial charge in [0.05, 0.1) is 11.5 Å². The molecule has 0 fully saturated rings. The van der Waals surface area contributed by atoms with E-state index in [0.29, 0.717) is 12.3 Å². The Morgan fingerprint density at radius 3 is 2.74 bits per heavy atom. The van der Waals surface area contributed by atoms with Gasteiger partial charge in [0, 0.05) is 19.7 Å². The Morgan fingerprint density at radius 1 is 1.53 bits per heavy atom. The summed E-state index contributed by atoms with van der Waals surface area (Å²) >= 11 is 0. The summed E-state index contributed by atoms with van der Waals surface area (Å²) in [5, 5.41) is 19.9. The lowest BCUT2D eigenvalue weighted by molar-refractivity contribution is -0.384. The maximum atomic E-state index is 11.0. The van der Waals surface area contributed by atoms with E-state index in [9.17, 15) is 14.9 Å². The lowest BCUT2D eigenvalue weighted by atomic mass is 10.1. The molecule has 1 N–H and O–H groups in total. The van der Waals surface area contributed by atoms with Crippen LogP contribution in [0.3, 0.4) is 0 Å². The fourth-order valence-corrected chi connectivity index (χ4v) is 1.69. The van der Waals surface area contributed by atoms with Crippen LogP contribution in [0.25, 0.3) is 0 Å². The number of carboxylic acid groups (broad SMARTS) is 1. The van der Waals surface area contributed by atoms with Crippen LogP contribution in [0.2, 0.25) is 0 Å². The van der Waals surface area contributed by atoms with Crippen LogP contribution in [0.4, 0.5) is 11.4 Å². The van der Waals surface area contributed by atoms with E-state index < -0.39 is 10.9 Å². The normalized spacial score (nSPS) is 10.2. The fraction of sp³-hybridized carbons (Fsp3) is 0.417. The predicted octanol–water partition coefficient (Wildman–Crippen LogP) is 1.44. The third-order valence-corrected chi connectivity index (χ3v) is 2.56. The monoisotopic (exact) mass is 268 g/mol. The molecule has 0 aliphatic carbocycles. The summed E-state index contributed by atoms with van der Waals surface area (Å²) in [7, 11) is 1.49. The minimum absolute atomic E-state index is 0.108. The minimum atomic E-state index is -1.05. The lowest BCUT2D eigenvalue weighted by Gasteiger charge is -2.22. The van der Waals surface area contributed by atoms with Crippen LogP contribution in [-0.2, 0) is 9.53 Å². The summed E-state index contributed by atoms with van der Waals surface area (Å²) in [6.07, 6.45) is 0. The zero-order chi connectivity index (χ0) is 14.4. The third-order valence-electron chi connectivity index (χ3n) is 2.56. The molecule has 0 saturated carbocycles. The molecule has 0 aliphatic rings. The number of hydrogen-bond acceptors (Lipinski definition) is 5. The average Bonchev–Trinajstić information content (AvgIpc) is 2.33. The van der Waals surface area contributed by atoms with Crippen LogP contribution < -0.4 is 4.90 Å². The summed E-state index contributed by atoms with van der Waals surface area (Å²) in [6.45, 7) is 2.04. The van der Waals surface area contributed by atoms with E-state index in [1.807, 2.05) is 0 Å². The molecule has 0 aliphatic heterocycles. The number of rotatable bonds is 7. The number of methoxy groups -OCH3 is 1. The van der Waals surface area contributed by atoms with Crippen LogP contribution in [0.5, 0.6) is 0 Å². The average molecular weight is 268 g/mol. The molecule has 0 amide bonds. The van der Waals surface area contributed by atoms with Gasteiger partial charge in [-0.15, -0.1) is 0 Å². The molecular formula is C12H16N2O5. The van der Waals surface area contributed by atoms with Gasteiger partial charge in [-0.05, 0) is 18.6 Å². The first-order valence-corrected chi connectivity index (χ1v) is 5.66.